The van der Waals surface area contributed by atoms with Gasteiger partial charge in [0.05, 0.1) is 17.6 Å². The number of carbonyl (C=O) groups excluding carboxylic acids is 1. The summed E-state index contributed by atoms with van der Waals surface area (Å²) >= 11 is 6.82. The van der Waals surface area contributed by atoms with Crippen molar-refractivity contribution in [1.29, 1.82) is 0 Å². The number of rotatable bonds is 9. The number of methoxy groups -OCH3 is 1. The second-order valence-electron chi connectivity index (χ2n) is 11.1. The van der Waals surface area contributed by atoms with Crippen LogP contribution in [0.15, 0.2) is 24.8 Å². The number of benzene rings is 1. The standard InChI is InChI=1S/C28H40ClN3O4Si/c1-11-21(33)24-22(17(2)32(7)30-24)23-20(29)15-14-19-18(26(27(34)35-8)31(6)25(19)23)13-12-16-36-37(9,10)28(3,4)5/h11,14-15,21,33H,1,12-13,16H2,2-10H3. The van der Waals surface area contributed by atoms with E-state index in [-0.39, 0.29) is 5.04 Å². The first-order chi connectivity index (χ1) is 17.2. The number of hydrogen-bond acceptors (Lipinski definition) is 5. The number of carbonyl (C=O) groups is 1. The smallest absolute Gasteiger partial charge is 0.354 e. The van der Waals surface area contributed by atoms with Crippen molar-refractivity contribution in [3.63, 3.8) is 0 Å². The molecule has 0 spiro atoms. The van der Waals surface area contributed by atoms with E-state index in [1.165, 1.54) is 13.2 Å². The van der Waals surface area contributed by atoms with E-state index in [0.29, 0.717) is 29.4 Å². The van der Waals surface area contributed by atoms with Gasteiger partial charge in [-0.15, -0.1) is 6.58 Å². The van der Waals surface area contributed by atoms with Gasteiger partial charge in [-0.25, -0.2) is 4.79 Å². The maximum Gasteiger partial charge on any atom is 0.354 e. The van der Waals surface area contributed by atoms with Gasteiger partial charge in [-0.2, -0.15) is 5.10 Å². The summed E-state index contributed by atoms with van der Waals surface area (Å²) in [6.45, 7) is 17.4. The molecule has 2 heterocycles. The van der Waals surface area contributed by atoms with E-state index in [9.17, 15) is 9.90 Å². The summed E-state index contributed by atoms with van der Waals surface area (Å²) in [5, 5.41) is 16.8. The molecule has 3 aromatic rings. The number of ether oxygens (including phenoxy) is 1. The number of hydrogen-bond donors (Lipinski definition) is 1. The molecule has 2 aromatic heterocycles. The van der Waals surface area contributed by atoms with Crippen LogP contribution in [0.3, 0.4) is 0 Å². The Morgan fingerprint density at radius 3 is 2.49 bits per heavy atom. The molecule has 1 atom stereocenters. The molecular weight excluding hydrogens is 506 g/mol. The Morgan fingerprint density at radius 2 is 1.92 bits per heavy atom. The number of nitrogens with zero attached hydrogens (tertiary/aromatic N) is 3. The van der Waals surface area contributed by atoms with Crippen LogP contribution in [0.25, 0.3) is 22.0 Å². The first kappa shape index (κ1) is 29.2. The van der Waals surface area contributed by atoms with Gasteiger partial charge in [-0.1, -0.05) is 44.5 Å². The highest BCUT2D eigenvalue weighted by atomic mass is 35.5. The lowest BCUT2D eigenvalue weighted by molar-refractivity contribution is 0.0589. The Kier molecular flexibility index (Phi) is 8.49. The molecule has 0 aliphatic heterocycles. The van der Waals surface area contributed by atoms with Crippen molar-refractivity contribution >= 4 is 36.8 Å². The van der Waals surface area contributed by atoms with E-state index in [0.717, 1.165) is 39.7 Å². The Bertz CT molecular complexity index is 1330. The Balaban J connectivity index is 2.18. The van der Waals surface area contributed by atoms with Crippen molar-refractivity contribution in [3.05, 3.63) is 52.5 Å². The molecule has 0 amide bonds. The summed E-state index contributed by atoms with van der Waals surface area (Å²) in [5.74, 6) is -0.407. The molecule has 0 radical (unpaired) electrons. The average molecular weight is 546 g/mol. The molecule has 7 nitrogen and oxygen atoms in total. The normalized spacial score (nSPS) is 13.3. The van der Waals surface area contributed by atoms with Crippen molar-refractivity contribution in [2.45, 2.75) is 64.8 Å². The van der Waals surface area contributed by atoms with Crippen LogP contribution in [-0.2, 0) is 29.7 Å². The number of esters is 1. The molecule has 1 N–H and O–H groups in total. The minimum atomic E-state index is -1.87. The highest BCUT2D eigenvalue weighted by Crippen LogP contribution is 2.43. The van der Waals surface area contributed by atoms with Crippen LogP contribution in [0.4, 0.5) is 0 Å². The average Bonchev–Trinajstić information content (AvgIpc) is 3.28. The molecule has 0 aliphatic carbocycles. The van der Waals surface area contributed by atoms with Crippen LogP contribution in [0.5, 0.6) is 0 Å². The molecule has 0 saturated carbocycles. The summed E-state index contributed by atoms with van der Waals surface area (Å²) < 4.78 is 15.1. The van der Waals surface area contributed by atoms with Crippen LogP contribution < -0.4 is 0 Å². The monoisotopic (exact) mass is 545 g/mol. The van der Waals surface area contributed by atoms with E-state index in [4.69, 9.17) is 20.8 Å². The van der Waals surface area contributed by atoms with Gasteiger partial charge >= 0.3 is 5.97 Å². The lowest BCUT2D eigenvalue weighted by Crippen LogP contribution is -2.41. The fourth-order valence-corrected chi connectivity index (χ4v) is 5.84. The Hall–Kier alpha value is -2.39. The summed E-state index contributed by atoms with van der Waals surface area (Å²) in [5.41, 5.74) is 4.94. The third-order valence-corrected chi connectivity index (χ3v) is 12.6. The van der Waals surface area contributed by atoms with Gasteiger partial charge in [0.1, 0.15) is 17.5 Å². The molecule has 37 heavy (non-hydrogen) atoms. The fraction of sp³-hybridized carbons (Fsp3) is 0.500. The zero-order valence-electron chi connectivity index (χ0n) is 23.5. The Labute approximate surface area is 226 Å². The predicted molar refractivity (Wildman–Crippen MR) is 153 cm³/mol. The van der Waals surface area contributed by atoms with Crippen molar-refractivity contribution in [2.75, 3.05) is 13.7 Å². The molecule has 9 heteroatoms. The summed E-state index contributed by atoms with van der Waals surface area (Å²) in [6.07, 6.45) is 1.89. The van der Waals surface area contributed by atoms with Crippen molar-refractivity contribution < 1.29 is 19.1 Å². The van der Waals surface area contributed by atoms with Crippen LogP contribution in [-0.4, -0.2) is 47.5 Å². The SMILES string of the molecule is C=CC(O)c1nn(C)c(C)c1-c1c(Cl)ccc2c(CCCO[Si](C)(C)C(C)(C)C)c(C(=O)OC)n(C)c12. The third kappa shape index (κ3) is 5.30. The summed E-state index contributed by atoms with van der Waals surface area (Å²) in [6, 6.07) is 3.79. The van der Waals surface area contributed by atoms with Gasteiger partial charge in [-0.05, 0) is 49.5 Å². The third-order valence-electron chi connectivity index (χ3n) is 7.74. The van der Waals surface area contributed by atoms with Crippen LogP contribution >= 0.6 is 11.6 Å². The van der Waals surface area contributed by atoms with Gasteiger partial charge in [0.2, 0.25) is 0 Å². The molecular formula is C28H40ClN3O4Si. The number of aliphatic hydroxyl groups excluding tert-OH is 1. The van der Waals surface area contributed by atoms with E-state index >= 15 is 0 Å². The van der Waals surface area contributed by atoms with Gasteiger partial charge in [0.15, 0.2) is 8.32 Å². The van der Waals surface area contributed by atoms with Crippen LogP contribution in [0.1, 0.15) is 60.7 Å². The number of aliphatic hydroxyl groups is 1. The fourth-order valence-electron chi connectivity index (χ4n) is 4.50. The van der Waals surface area contributed by atoms with E-state index in [1.807, 2.05) is 37.7 Å². The summed E-state index contributed by atoms with van der Waals surface area (Å²) in [7, 11) is 3.19. The molecule has 3 rings (SSSR count). The minimum Gasteiger partial charge on any atom is -0.464 e. The maximum absolute atomic E-state index is 13.0. The highest BCUT2D eigenvalue weighted by Gasteiger charge is 2.37. The van der Waals surface area contributed by atoms with E-state index in [1.54, 1.807) is 4.68 Å². The molecule has 0 fully saturated rings. The first-order valence-electron chi connectivity index (χ1n) is 12.5. The molecule has 0 bridgehead atoms. The number of fused-ring (bicyclic) bond motifs is 1. The molecule has 0 aliphatic rings. The zero-order chi connectivity index (χ0) is 27.9. The Morgan fingerprint density at radius 1 is 1.27 bits per heavy atom. The molecule has 1 aromatic carbocycles. The summed E-state index contributed by atoms with van der Waals surface area (Å²) in [4.78, 5) is 13.0. The quantitative estimate of drug-likeness (QED) is 0.144. The number of aromatic nitrogens is 3. The molecule has 1 unspecified atom stereocenters. The zero-order valence-corrected chi connectivity index (χ0v) is 25.3. The van der Waals surface area contributed by atoms with Gasteiger partial charge < -0.3 is 18.8 Å². The van der Waals surface area contributed by atoms with E-state index < -0.39 is 20.4 Å². The lowest BCUT2D eigenvalue weighted by atomic mass is 9.96. The molecule has 0 saturated heterocycles. The van der Waals surface area contributed by atoms with Gasteiger partial charge in [0.25, 0.3) is 0 Å². The van der Waals surface area contributed by atoms with Crippen molar-refractivity contribution in [3.8, 4) is 11.1 Å². The van der Waals surface area contributed by atoms with E-state index in [2.05, 4.69) is 45.5 Å². The topological polar surface area (TPSA) is 78.5 Å². The molecule has 202 valence electrons. The largest absolute Gasteiger partial charge is 0.464 e. The second kappa shape index (κ2) is 10.8. The number of aryl methyl sites for hydroxylation is 3. The predicted octanol–water partition coefficient (Wildman–Crippen LogP) is 6.50. The van der Waals surface area contributed by atoms with Gasteiger partial charge in [-0.3, -0.25) is 4.68 Å². The van der Waals surface area contributed by atoms with Gasteiger partial charge in [0, 0.05) is 42.9 Å². The highest BCUT2D eigenvalue weighted by molar-refractivity contribution is 6.74. The van der Waals surface area contributed by atoms with Crippen molar-refractivity contribution in [2.24, 2.45) is 14.1 Å². The van der Waals surface area contributed by atoms with Crippen LogP contribution in [0, 0.1) is 6.92 Å². The maximum atomic E-state index is 13.0. The van der Waals surface area contributed by atoms with Crippen LogP contribution in [0.2, 0.25) is 23.2 Å². The lowest BCUT2D eigenvalue weighted by Gasteiger charge is -2.36. The minimum absolute atomic E-state index is 0.130. The second-order valence-corrected chi connectivity index (χ2v) is 16.3. The van der Waals surface area contributed by atoms with Crippen molar-refractivity contribution in [1.82, 2.24) is 14.3 Å². The number of halogens is 1. The first-order valence-corrected chi connectivity index (χ1v) is 15.8.